The second-order valence-corrected chi connectivity index (χ2v) is 5.37. The summed E-state index contributed by atoms with van der Waals surface area (Å²) in [6.45, 7) is 2.44. The number of carbonyl (C=O) groups is 1. The van der Waals surface area contributed by atoms with E-state index in [1.54, 1.807) is 31.1 Å². The number of likely N-dealkylation sites (tertiary alicyclic amines) is 1. The molecule has 1 fully saturated rings. The topological polar surface area (TPSA) is 74.6 Å². The van der Waals surface area contributed by atoms with E-state index in [0.717, 1.165) is 12.8 Å². The highest BCUT2D eigenvalue weighted by atomic mass is 16.3. The Morgan fingerprint density at radius 1 is 1.55 bits per heavy atom. The zero-order valence-corrected chi connectivity index (χ0v) is 11.9. The van der Waals surface area contributed by atoms with Gasteiger partial charge in [-0.2, -0.15) is 0 Å². The summed E-state index contributed by atoms with van der Waals surface area (Å²) < 4.78 is 1.42. The van der Waals surface area contributed by atoms with Crippen LogP contribution in [0.2, 0.25) is 0 Å². The molecule has 0 saturated carbocycles. The number of anilines is 1. The molecule has 2 N–H and O–H groups in total. The van der Waals surface area contributed by atoms with E-state index in [-0.39, 0.29) is 17.6 Å². The summed E-state index contributed by atoms with van der Waals surface area (Å²) in [5.41, 5.74) is 0.482. The number of nitrogens with one attached hydrogen (secondary N) is 1. The molecule has 2 rings (SSSR count). The minimum absolute atomic E-state index is 0.0857. The number of rotatable bonds is 3. The highest BCUT2D eigenvalue weighted by molar-refractivity contribution is 5.89. The van der Waals surface area contributed by atoms with Gasteiger partial charge in [0.25, 0.3) is 0 Å². The third kappa shape index (κ3) is 3.39. The van der Waals surface area contributed by atoms with E-state index >= 15 is 0 Å². The molecule has 2 atom stereocenters. The van der Waals surface area contributed by atoms with Gasteiger partial charge >= 0.3 is 6.03 Å². The first-order chi connectivity index (χ1) is 9.47. The Labute approximate surface area is 118 Å². The van der Waals surface area contributed by atoms with Gasteiger partial charge in [0.1, 0.15) is 0 Å². The van der Waals surface area contributed by atoms with Gasteiger partial charge in [-0.3, -0.25) is 4.79 Å². The van der Waals surface area contributed by atoms with Gasteiger partial charge in [-0.15, -0.1) is 0 Å². The number of urea groups is 1. The Morgan fingerprint density at radius 3 is 2.95 bits per heavy atom. The molecule has 1 saturated heterocycles. The van der Waals surface area contributed by atoms with Crippen LogP contribution in [-0.2, 0) is 7.05 Å². The first-order valence-electron chi connectivity index (χ1n) is 6.89. The summed E-state index contributed by atoms with van der Waals surface area (Å²) in [6.07, 6.45) is 3.66. The SMILES string of the molecule is CC(O)CC1CCCN1C(=O)Nc1ccc(=O)n(C)c1. The van der Waals surface area contributed by atoms with Crippen molar-refractivity contribution in [3.63, 3.8) is 0 Å². The number of amides is 2. The van der Waals surface area contributed by atoms with E-state index in [4.69, 9.17) is 0 Å². The van der Waals surface area contributed by atoms with Crippen molar-refractivity contribution in [3.8, 4) is 0 Å². The molecule has 2 unspecified atom stereocenters. The lowest BCUT2D eigenvalue weighted by molar-refractivity contribution is 0.142. The zero-order chi connectivity index (χ0) is 14.7. The van der Waals surface area contributed by atoms with Crippen LogP contribution in [0.4, 0.5) is 10.5 Å². The third-order valence-electron chi connectivity index (χ3n) is 3.59. The van der Waals surface area contributed by atoms with Crippen molar-refractivity contribution in [2.75, 3.05) is 11.9 Å². The van der Waals surface area contributed by atoms with Gasteiger partial charge in [-0.25, -0.2) is 4.79 Å². The van der Waals surface area contributed by atoms with Crippen LogP contribution in [0.15, 0.2) is 23.1 Å². The number of nitrogens with zero attached hydrogens (tertiary/aromatic N) is 2. The van der Waals surface area contributed by atoms with Gasteiger partial charge in [0.05, 0.1) is 11.8 Å². The van der Waals surface area contributed by atoms with Crippen molar-refractivity contribution in [3.05, 3.63) is 28.7 Å². The van der Waals surface area contributed by atoms with Crippen LogP contribution < -0.4 is 10.9 Å². The molecule has 110 valence electrons. The predicted octanol–water partition coefficient (Wildman–Crippen LogP) is 1.15. The van der Waals surface area contributed by atoms with Gasteiger partial charge in [0, 0.05) is 31.9 Å². The number of aliphatic hydroxyl groups is 1. The quantitative estimate of drug-likeness (QED) is 0.871. The molecule has 2 heterocycles. The van der Waals surface area contributed by atoms with Crippen LogP contribution in [0.25, 0.3) is 0 Å². The molecule has 0 aliphatic carbocycles. The van der Waals surface area contributed by atoms with Gasteiger partial charge < -0.3 is 19.9 Å². The lowest BCUT2D eigenvalue weighted by Crippen LogP contribution is -2.40. The fraction of sp³-hybridized carbons (Fsp3) is 0.571. The van der Waals surface area contributed by atoms with E-state index in [2.05, 4.69) is 5.32 Å². The van der Waals surface area contributed by atoms with Gasteiger partial charge in [0.15, 0.2) is 0 Å². The van der Waals surface area contributed by atoms with Crippen molar-refractivity contribution in [1.29, 1.82) is 0 Å². The Kier molecular flexibility index (Phi) is 4.44. The molecule has 6 nitrogen and oxygen atoms in total. The van der Waals surface area contributed by atoms with Crippen LogP contribution in [0, 0.1) is 0 Å². The maximum absolute atomic E-state index is 12.2. The normalized spacial score (nSPS) is 19.9. The Balaban J connectivity index is 2.03. The summed E-state index contributed by atoms with van der Waals surface area (Å²) in [7, 11) is 1.64. The molecule has 6 heteroatoms. The number of aliphatic hydroxyl groups excluding tert-OH is 1. The first kappa shape index (κ1) is 14.6. The van der Waals surface area contributed by atoms with E-state index in [0.29, 0.717) is 18.7 Å². The first-order valence-corrected chi connectivity index (χ1v) is 6.89. The van der Waals surface area contributed by atoms with E-state index in [1.165, 1.54) is 10.6 Å². The second kappa shape index (κ2) is 6.09. The van der Waals surface area contributed by atoms with Gasteiger partial charge in [-0.05, 0) is 32.3 Å². The van der Waals surface area contributed by atoms with Crippen LogP contribution in [-0.4, -0.2) is 39.3 Å². The molecular formula is C14H21N3O3. The van der Waals surface area contributed by atoms with Crippen molar-refractivity contribution < 1.29 is 9.90 Å². The van der Waals surface area contributed by atoms with Crippen LogP contribution >= 0.6 is 0 Å². The molecule has 1 aliphatic heterocycles. The zero-order valence-electron chi connectivity index (χ0n) is 11.9. The Morgan fingerprint density at radius 2 is 2.30 bits per heavy atom. The molecule has 0 spiro atoms. The van der Waals surface area contributed by atoms with Crippen LogP contribution in [0.1, 0.15) is 26.2 Å². The molecule has 1 aromatic rings. The van der Waals surface area contributed by atoms with E-state index in [9.17, 15) is 14.7 Å². The number of hydrogen-bond donors (Lipinski definition) is 2. The average Bonchev–Trinajstić information content (AvgIpc) is 2.81. The van der Waals surface area contributed by atoms with Crippen LogP contribution in [0.5, 0.6) is 0 Å². The molecule has 0 aromatic carbocycles. The number of aryl methyl sites for hydroxylation is 1. The van der Waals surface area contributed by atoms with E-state index < -0.39 is 6.10 Å². The van der Waals surface area contributed by atoms with Gasteiger partial charge in [-0.1, -0.05) is 0 Å². The summed E-state index contributed by atoms with van der Waals surface area (Å²) >= 11 is 0. The number of aromatic nitrogens is 1. The fourth-order valence-electron chi connectivity index (χ4n) is 2.61. The van der Waals surface area contributed by atoms with E-state index in [1.807, 2.05) is 0 Å². The third-order valence-corrected chi connectivity index (χ3v) is 3.59. The largest absolute Gasteiger partial charge is 0.393 e. The Bertz CT molecular complexity index is 539. The lowest BCUT2D eigenvalue weighted by atomic mass is 10.1. The van der Waals surface area contributed by atoms with Crippen molar-refractivity contribution in [2.24, 2.45) is 7.05 Å². The summed E-state index contributed by atoms with van der Waals surface area (Å²) in [4.78, 5) is 25.3. The fourth-order valence-corrected chi connectivity index (χ4v) is 2.61. The summed E-state index contributed by atoms with van der Waals surface area (Å²) in [6, 6.07) is 2.93. The molecule has 1 aromatic heterocycles. The minimum Gasteiger partial charge on any atom is -0.393 e. The molecule has 0 radical (unpaired) electrons. The molecule has 2 amide bonds. The molecule has 20 heavy (non-hydrogen) atoms. The molecule has 0 bridgehead atoms. The molecule has 1 aliphatic rings. The predicted molar refractivity (Wildman–Crippen MR) is 76.7 cm³/mol. The number of pyridine rings is 1. The second-order valence-electron chi connectivity index (χ2n) is 5.37. The maximum atomic E-state index is 12.2. The number of hydrogen-bond acceptors (Lipinski definition) is 3. The maximum Gasteiger partial charge on any atom is 0.322 e. The van der Waals surface area contributed by atoms with Gasteiger partial charge in [0.2, 0.25) is 5.56 Å². The summed E-state index contributed by atoms with van der Waals surface area (Å²) in [5, 5.41) is 12.3. The van der Waals surface area contributed by atoms with Crippen LogP contribution in [0.3, 0.4) is 0 Å². The minimum atomic E-state index is -0.411. The number of carbonyl (C=O) groups excluding carboxylic acids is 1. The summed E-state index contributed by atoms with van der Waals surface area (Å²) in [5.74, 6) is 0. The highest BCUT2D eigenvalue weighted by Crippen LogP contribution is 2.22. The monoisotopic (exact) mass is 279 g/mol. The standard InChI is InChI=1S/C14H21N3O3/c1-10(18)8-12-4-3-7-17(12)14(20)15-11-5-6-13(19)16(2)9-11/h5-6,9-10,12,18H,3-4,7-8H2,1-2H3,(H,15,20). The lowest BCUT2D eigenvalue weighted by Gasteiger charge is -2.26. The van der Waals surface area contributed by atoms with Crippen molar-refractivity contribution in [1.82, 2.24) is 9.47 Å². The highest BCUT2D eigenvalue weighted by Gasteiger charge is 2.29. The van der Waals surface area contributed by atoms with Crippen molar-refractivity contribution >= 4 is 11.7 Å². The van der Waals surface area contributed by atoms with Crippen molar-refractivity contribution in [2.45, 2.75) is 38.3 Å². The smallest absolute Gasteiger partial charge is 0.322 e. The Hall–Kier alpha value is -1.82. The average molecular weight is 279 g/mol. The molecular weight excluding hydrogens is 258 g/mol.